The average molecular weight is 1010 g/mol. The molecule has 7 heteroatoms. The van der Waals surface area contributed by atoms with E-state index in [4.69, 9.17) is 0 Å². The zero-order chi connectivity index (χ0) is 44.7. The number of hydrogen-bond acceptors (Lipinski definition) is 6. The van der Waals surface area contributed by atoms with Gasteiger partial charge >= 0.3 is 38.6 Å². The van der Waals surface area contributed by atoms with Gasteiger partial charge in [-0.2, -0.15) is 0 Å². The molecule has 61 heavy (non-hydrogen) atoms. The Labute approximate surface area is 412 Å². The van der Waals surface area contributed by atoms with Gasteiger partial charge in [-0.3, -0.25) is 0 Å². The Kier molecular flexibility index (Phi) is 70.6. The van der Waals surface area contributed by atoms with E-state index in [-0.39, 0.29) is 57.9 Å². The topological polar surface area (TPSA) is 120 Å². The fraction of sp³-hybridized carbons (Fsp3) is 0.944. The second-order valence-electron chi connectivity index (χ2n) is 18.2. The van der Waals surface area contributed by atoms with Gasteiger partial charge in [0.25, 0.3) is 0 Å². The third kappa shape index (κ3) is 77.3. The molecule has 0 rings (SSSR count). The summed E-state index contributed by atoms with van der Waals surface area (Å²) in [5, 5.41) is 30.7. The molecule has 0 spiro atoms. The van der Waals surface area contributed by atoms with Crippen LogP contribution in [-0.2, 0) is 14.4 Å². The molecule has 0 aliphatic heterocycles. The van der Waals surface area contributed by atoms with E-state index in [1.54, 1.807) is 0 Å². The van der Waals surface area contributed by atoms with Crippen LogP contribution in [0.25, 0.3) is 0 Å². The van der Waals surface area contributed by atoms with E-state index in [9.17, 15) is 29.7 Å². The Hall–Kier alpha value is -0.304. The quantitative estimate of drug-likeness (QED) is 0.0560. The van der Waals surface area contributed by atoms with Crippen molar-refractivity contribution in [2.45, 2.75) is 329 Å². The molecule has 0 heterocycles. The smallest absolute Gasteiger partial charge is 0.550 e. The van der Waals surface area contributed by atoms with Gasteiger partial charge in [0.15, 0.2) is 0 Å². The molecule has 0 aromatic heterocycles. The van der Waals surface area contributed by atoms with E-state index >= 15 is 0 Å². The van der Waals surface area contributed by atoms with Gasteiger partial charge in [-0.15, -0.1) is 0 Å². The van der Waals surface area contributed by atoms with Gasteiger partial charge in [-0.05, 0) is 38.5 Å². The van der Waals surface area contributed by atoms with Crippen LogP contribution in [0.15, 0.2) is 0 Å². The van der Waals surface area contributed by atoms with Gasteiger partial charge in [0, 0.05) is 17.9 Å². The zero-order valence-electron chi connectivity index (χ0n) is 41.2. The molecule has 0 amide bonds. The second-order valence-corrected chi connectivity index (χ2v) is 18.2. The zero-order valence-corrected chi connectivity index (χ0v) is 43.4. The fourth-order valence-corrected chi connectivity index (χ4v) is 7.92. The Morgan fingerprint density at radius 3 is 0.410 bits per heavy atom. The van der Waals surface area contributed by atoms with Gasteiger partial charge in [0.05, 0.1) is 0 Å². The molecular weight excluding hydrogens is 904 g/mol. The summed E-state index contributed by atoms with van der Waals surface area (Å²) < 4.78 is 0. The summed E-state index contributed by atoms with van der Waals surface area (Å²) >= 11 is 0. The molecule has 0 radical (unpaired) electrons. The van der Waals surface area contributed by atoms with Crippen molar-refractivity contribution in [1.29, 1.82) is 0 Å². The van der Waals surface area contributed by atoms with Crippen LogP contribution in [0.1, 0.15) is 329 Å². The predicted molar refractivity (Wildman–Crippen MR) is 254 cm³/mol. The number of carboxylic acid groups (broad SMARTS) is 3. The number of carbonyl (C=O) groups excluding carboxylic acids is 3. The summed E-state index contributed by atoms with van der Waals surface area (Å²) in [6.45, 7) is 6.80. The van der Waals surface area contributed by atoms with Crippen LogP contribution in [0, 0.1) is 38.6 Å². The molecule has 0 saturated carbocycles. The van der Waals surface area contributed by atoms with Crippen LogP contribution >= 0.6 is 0 Å². The average Bonchev–Trinajstić information content (AvgIpc) is 3.22. The molecular formula is C54H105O6Tb. The molecule has 0 unspecified atom stereocenters. The van der Waals surface area contributed by atoms with Crippen LogP contribution < -0.4 is 15.3 Å². The normalized spacial score (nSPS) is 10.7. The minimum Gasteiger partial charge on any atom is -0.550 e. The summed E-state index contributed by atoms with van der Waals surface area (Å²) in [7, 11) is 0. The van der Waals surface area contributed by atoms with Crippen molar-refractivity contribution in [2.75, 3.05) is 0 Å². The van der Waals surface area contributed by atoms with E-state index in [1.165, 1.54) is 250 Å². The minimum atomic E-state index is -0.903. The van der Waals surface area contributed by atoms with Crippen molar-refractivity contribution in [3.8, 4) is 0 Å². The number of aliphatic carboxylic acids is 3. The maximum absolute atomic E-state index is 10.2. The van der Waals surface area contributed by atoms with Crippen molar-refractivity contribution in [1.82, 2.24) is 0 Å². The summed E-state index contributed by atoms with van der Waals surface area (Å²) in [4.78, 5) is 30.7. The second kappa shape index (κ2) is 64.0. The third-order valence-corrected chi connectivity index (χ3v) is 12.0. The first-order valence-corrected chi connectivity index (χ1v) is 26.9. The first-order chi connectivity index (χ1) is 29.3. The van der Waals surface area contributed by atoms with Crippen molar-refractivity contribution >= 4 is 17.9 Å². The van der Waals surface area contributed by atoms with E-state index in [2.05, 4.69) is 20.8 Å². The number of unbranched alkanes of at least 4 members (excludes halogenated alkanes) is 42. The molecule has 0 saturated heterocycles. The molecule has 6 nitrogen and oxygen atoms in total. The van der Waals surface area contributed by atoms with Crippen molar-refractivity contribution in [2.24, 2.45) is 0 Å². The molecule has 0 fully saturated rings. The van der Waals surface area contributed by atoms with Crippen LogP contribution in [0.3, 0.4) is 0 Å². The van der Waals surface area contributed by atoms with E-state index in [1.807, 2.05) is 0 Å². The predicted octanol–water partition coefficient (Wildman–Crippen LogP) is 15.0. The van der Waals surface area contributed by atoms with Crippen LogP contribution in [0.2, 0.25) is 0 Å². The monoisotopic (exact) mass is 1010 g/mol. The summed E-state index contributed by atoms with van der Waals surface area (Å²) in [5.41, 5.74) is 0. The summed E-state index contributed by atoms with van der Waals surface area (Å²) in [6, 6.07) is 0. The molecule has 0 N–H and O–H groups in total. The van der Waals surface area contributed by atoms with Gasteiger partial charge in [0.1, 0.15) is 0 Å². The van der Waals surface area contributed by atoms with Crippen molar-refractivity contribution in [3.05, 3.63) is 0 Å². The maximum Gasteiger partial charge on any atom is 3.00 e. The van der Waals surface area contributed by atoms with Gasteiger partial charge < -0.3 is 29.7 Å². The Bertz CT molecular complexity index is 717. The largest absolute Gasteiger partial charge is 3.00 e. The van der Waals surface area contributed by atoms with Crippen LogP contribution in [-0.4, -0.2) is 17.9 Å². The van der Waals surface area contributed by atoms with Crippen LogP contribution in [0.5, 0.6) is 0 Å². The van der Waals surface area contributed by atoms with Gasteiger partial charge in [-0.25, -0.2) is 0 Å². The SMILES string of the molecule is CCCCCCCCCCCCCCCCCC(=O)[O-].CCCCCCCCCCCCCCCCCC(=O)[O-].CCCCCCCCCCCCCCCCCC(=O)[O-].[Tb+3]. The molecule has 366 valence electrons. The standard InChI is InChI=1S/3C18H36O2.Tb/c3*1-2-3-4-5-6-7-8-9-10-11-12-13-14-15-16-17-18(19)20;/h3*2-17H2,1H3,(H,19,20);/q;;;+3/p-3. The molecule has 0 aliphatic rings. The summed E-state index contributed by atoms with van der Waals surface area (Å²) in [5.74, 6) is -2.71. The van der Waals surface area contributed by atoms with E-state index in [0.717, 1.165) is 38.5 Å². The van der Waals surface area contributed by atoms with Gasteiger partial charge in [0.2, 0.25) is 0 Å². The number of carbonyl (C=O) groups is 3. The maximum atomic E-state index is 10.2. The molecule has 0 aromatic carbocycles. The number of carboxylic acids is 3. The third-order valence-electron chi connectivity index (χ3n) is 12.0. The van der Waals surface area contributed by atoms with E-state index < -0.39 is 17.9 Å². The number of hydrogen-bond donors (Lipinski definition) is 0. The fourth-order valence-electron chi connectivity index (χ4n) is 7.92. The molecule has 0 aliphatic carbocycles. The van der Waals surface area contributed by atoms with Gasteiger partial charge in [-0.1, -0.05) is 290 Å². The summed E-state index contributed by atoms with van der Waals surface area (Å²) in [6.07, 6.45) is 59.6. The number of rotatable bonds is 48. The van der Waals surface area contributed by atoms with Crippen molar-refractivity contribution in [3.63, 3.8) is 0 Å². The van der Waals surface area contributed by atoms with E-state index in [0.29, 0.717) is 0 Å². The Morgan fingerprint density at radius 1 is 0.213 bits per heavy atom. The minimum absolute atomic E-state index is 0. The first kappa shape index (κ1) is 67.3. The Morgan fingerprint density at radius 2 is 0.311 bits per heavy atom. The van der Waals surface area contributed by atoms with Crippen LogP contribution in [0.4, 0.5) is 0 Å². The van der Waals surface area contributed by atoms with Crippen molar-refractivity contribution < 1.29 is 68.3 Å². The molecule has 0 bridgehead atoms. The first-order valence-electron chi connectivity index (χ1n) is 26.9. The Balaban J connectivity index is -0.000000396. The molecule has 0 atom stereocenters. The molecule has 0 aromatic rings.